The van der Waals surface area contributed by atoms with Gasteiger partial charge in [0.25, 0.3) is 0 Å². The SMILES string of the molecule is CNc1nccc(-c2[nH]c(C3OCC(C)(C(=O)NCc4ccccc4)CO3)nc2-c2ccc(F)cc2)n1. The Kier molecular flexibility index (Phi) is 6.93. The summed E-state index contributed by atoms with van der Waals surface area (Å²) in [5, 5.41) is 5.88. The monoisotopic (exact) mass is 502 g/mol. The molecular formula is C27H27FN6O3. The van der Waals surface area contributed by atoms with E-state index >= 15 is 0 Å². The number of H-pyrrole nitrogens is 1. The lowest BCUT2D eigenvalue weighted by Gasteiger charge is -2.35. The number of benzene rings is 2. The Balaban J connectivity index is 1.35. The number of carbonyl (C=O) groups excluding carboxylic acids is 1. The van der Waals surface area contributed by atoms with E-state index in [1.54, 1.807) is 38.4 Å². The molecule has 0 atom stereocenters. The Morgan fingerprint density at radius 1 is 1.08 bits per heavy atom. The predicted molar refractivity (Wildman–Crippen MR) is 136 cm³/mol. The molecule has 4 aromatic rings. The minimum atomic E-state index is -0.852. The zero-order valence-corrected chi connectivity index (χ0v) is 20.5. The first-order valence-electron chi connectivity index (χ1n) is 11.9. The van der Waals surface area contributed by atoms with Crippen LogP contribution in [0.4, 0.5) is 10.3 Å². The molecule has 5 rings (SSSR count). The van der Waals surface area contributed by atoms with Crippen LogP contribution in [0.5, 0.6) is 0 Å². The van der Waals surface area contributed by atoms with Gasteiger partial charge in [-0.15, -0.1) is 0 Å². The van der Waals surface area contributed by atoms with Crippen LogP contribution in [0.1, 0.15) is 24.6 Å². The lowest BCUT2D eigenvalue weighted by atomic mass is 9.91. The molecule has 0 saturated carbocycles. The van der Waals surface area contributed by atoms with Gasteiger partial charge in [-0.2, -0.15) is 0 Å². The number of amides is 1. The van der Waals surface area contributed by atoms with Crippen LogP contribution < -0.4 is 10.6 Å². The van der Waals surface area contributed by atoms with Crippen molar-refractivity contribution in [1.82, 2.24) is 25.3 Å². The van der Waals surface area contributed by atoms with E-state index in [1.165, 1.54) is 12.1 Å². The molecule has 1 aliphatic heterocycles. The van der Waals surface area contributed by atoms with Crippen LogP contribution in [0.2, 0.25) is 0 Å². The van der Waals surface area contributed by atoms with Crippen molar-refractivity contribution in [3.8, 4) is 22.6 Å². The summed E-state index contributed by atoms with van der Waals surface area (Å²) in [5.74, 6) is 0.374. The fourth-order valence-corrected chi connectivity index (χ4v) is 4.01. The van der Waals surface area contributed by atoms with Crippen molar-refractivity contribution in [2.45, 2.75) is 19.8 Å². The molecule has 3 N–H and O–H groups in total. The number of imidazole rings is 1. The van der Waals surface area contributed by atoms with Gasteiger partial charge in [-0.25, -0.2) is 19.3 Å². The average molecular weight is 503 g/mol. The first-order valence-corrected chi connectivity index (χ1v) is 11.9. The highest BCUT2D eigenvalue weighted by atomic mass is 19.1. The Bertz CT molecular complexity index is 1370. The van der Waals surface area contributed by atoms with Crippen molar-refractivity contribution in [2.75, 3.05) is 25.6 Å². The average Bonchev–Trinajstić information content (AvgIpc) is 3.38. The molecule has 1 fully saturated rings. The maximum atomic E-state index is 13.6. The molecular weight excluding hydrogens is 475 g/mol. The van der Waals surface area contributed by atoms with Crippen molar-refractivity contribution in [2.24, 2.45) is 5.41 Å². The third kappa shape index (κ3) is 5.35. The molecule has 9 nitrogen and oxygen atoms in total. The molecule has 1 aliphatic rings. The number of halogens is 1. The summed E-state index contributed by atoms with van der Waals surface area (Å²) in [4.78, 5) is 29.6. The van der Waals surface area contributed by atoms with Crippen LogP contribution in [0.25, 0.3) is 22.6 Å². The first kappa shape index (κ1) is 24.5. The van der Waals surface area contributed by atoms with Crippen molar-refractivity contribution in [1.29, 1.82) is 0 Å². The maximum Gasteiger partial charge on any atom is 0.230 e. The lowest BCUT2D eigenvalue weighted by Crippen LogP contribution is -2.48. The highest BCUT2D eigenvalue weighted by molar-refractivity contribution is 5.82. The summed E-state index contributed by atoms with van der Waals surface area (Å²) >= 11 is 0. The quantitative estimate of drug-likeness (QED) is 0.349. The zero-order valence-electron chi connectivity index (χ0n) is 20.5. The fourth-order valence-electron chi connectivity index (χ4n) is 4.01. The number of rotatable bonds is 7. The molecule has 2 aromatic carbocycles. The minimum Gasteiger partial charge on any atom is -0.357 e. The van der Waals surface area contributed by atoms with E-state index in [2.05, 4.69) is 25.6 Å². The van der Waals surface area contributed by atoms with Crippen molar-refractivity contribution < 1.29 is 18.7 Å². The minimum absolute atomic E-state index is 0.150. The van der Waals surface area contributed by atoms with Crippen LogP contribution in [0.15, 0.2) is 66.9 Å². The second kappa shape index (κ2) is 10.5. The summed E-state index contributed by atoms with van der Waals surface area (Å²) < 4.78 is 25.5. The largest absolute Gasteiger partial charge is 0.357 e. The number of hydrogen-bond donors (Lipinski definition) is 3. The molecule has 1 amide bonds. The van der Waals surface area contributed by atoms with E-state index in [1.807, 2.05) is 30.3 Å². The molecule has 0 unspecified atom stereocenters. The number of aromatic nitrogens is 4. The van der Waals surface area contributed by atoms with Crippen molar-refractivity contribution in [3.63, 3.8) is 0 Å². The van der Waals surface area contributed by atoms with Crippen LogP contribution in [0.3, 0.4) is 0 Å². The molecule has 0 spiro atoms. The molecule has 0 radical (unpaired) electrons. The van der Waals surface area contributed by atoms with Gasteiger partial charge in [0.1, 0.15) is 5.82 Å². The van der Waals surface area contributed by atoms with Crippen LogP contribution >= 0.6 is 0 Å². The number of carbonyl (C=O) groups is 1. The molecule has 0 aliphatic carbocycles. The van der Waals surface area contributed by atoms with Gasteiger partial charge in [0.2, 0.25) is 18.1 Å². The smallest absolute Gasteiger partial charge is 0.230 e. The van der Waals surface area contributed by atoms with Gasteiger partial charge in [0, 0.05) is 25.4 Å². The number of ether oxygens (including phenoxy) is 2. The third-order valence-electron chi connectivity index (χ3n) is 6.15. The first-order chi connectivity index (χ1) is 17.9. The van der Waals surface area contributed by atoms with E-state index < -0.39 is 11.7 Å². The van der Waals surface area contributed by atoms with Crippen molar-refractivity contribution >= 4 is 11.9 Å². The summed E-state index contributed by atoms with van der Waals surface area (Å²) in [5.41, 5.74) is 2.63. The van der Waals surface area contributed by atoms with E-state index in [-0.39, 0.29) is 24.9 Å². The lowest BCUT2D eigenvalue weighted by molar-refractivity contribution is -0.231. The van der Waals surface area contributed by atoms with Gasteiger partial charge >= 0.3 is 0 Å². The number of aromatic amines is 1. The Morgan fingerprint density at radius 2 is 1.81 bits per heavy atom. The second-order valence-corrected chi connectivity index (χ2v) is 9.05. The van der Waals surface area contributed by atoms with Gasteiger partial charge in [-0.1, -0.05) is 30.3 Å². The number of anilines is 1. The molecule has 2 aromatic heterocycles. The highest BCUT2D eigenvalue weighted by Crippen LogP contribution is 2.35. The van der Waals surface area contributed by atoms with Crippen molar-refractivity contribution in [3.05, 3.63) is 84.1 Å². The number of nitrogens with zero attached hydrogens (tertiary/aromatic N) is 3. The van der Waals surface area contributed by atoms with Gasteiger partial charge < -0.3 is 25.1 Å². The fraction of sp³-hybridized carbons (Fsp3) is 0.259. The summed E-state index contributed by atoms with van der Waals surface area (Å²) in [6, 6.07) is 17.5. The summed E-state index contributed by atoms with van der Waals surface area (Å²) in [6.45, 7) is 2.53. The van der Waals surface area contributed by atoms with E-state index in [4.69, 9.17) is 14.5 Å². The van der Waals surface area contributed by atoms with Gasteiger partial charge in [0.05, 0.1) is 35.7 Å². The topological polar surface area (TPSA) is 114 Å². The maximum absolute atomic E-state index is 13.6. The number of nitrogens with one attached hydrogen (secondary N) is 3. The summed E-state index contributed by atoms with van der Waals surface area (Å²) in [6.07, 6.45) is 0.824. The van der Waals surface area contributed by atoms with Gasteiger partial charge in [0.15, 0.2) is 5.82 Å². The standard InChI is InChI=1S/C27H27FN6O3/c1-27(25(35)31-14-17-6-4-3-5-7-17)15-36-24(37-16-27)23-33-21(18-8-10-19(28)11-9-18)22(34-23)20-12-13-30-26(29-2)32-20/h3-13,24H,14-16H2,1-2H3,(H,31,35)(H,33,34)(H,29,30,32). The normalized spacial score (nSPS) is 19.4. The van der Waals surface area contributed by atoms with Crippen LogP contribution in [-0.4, -0.2) is 46.1 Å². The second-order valence-electron chi connectivity index (χ2n) is 9.05. The predicted octanol–water partition coefficient (Wildman–Crippen LogP) is 4.08. The Morgan fingerprint density at radius 3 is 2.51 bits per heavy atom. The summed E-state index contributed by atoms with van der Waals surface area (Å²) in [7, 11) is 1.73. The molecule has 190 valence electrons. The van der Waals surface area contributed by atoms with Crippen LogP contribution in [0, 0.1) is 11.2 Å². The molecule has 3 heterocycles. The van der Waals surface area contributed by atoms with Crippen LogP contribution in [-0.2, 0) is 20.8 Å². The third-order valence-corrected chi connectivity index (χ3v) is 6.15. The molecule has 37 heavy (non-hydrogen) atoms. The Labute approximate surface area is 213 Å². The Hall–Kier alpha value is -4.15. The van der Waals surface area contributed by atoms with Gasteiger partial charge in [-0.05, 0) is 42.8 Å². The van der Waals surface area contributed by atoms with E-state index in [0.717, 1.165) is 5.56 Å². The molecule has 0 bridgehead atoms. The number of hydrogen-bond acceptors (Lipinski definition) is 7. The zero-order chi connectivity index (χ0) is 25.8. The van der Waals surface area contributed by atoms with Gasteiger partial charge in [-0.3, -0.25) is 4.79 Å². The highest BCUT2D eigenvalue weighted by Gasteiger charge is 2.40. The molecule has 1 saturated heterocycles. The van der Waals surface area contributed by atoms with E-state index in [0.29, 0.717) is 41.0 Å². The van der Waals surface area contributed by atoms with E-state index in [9.17, 15) is 9.18 Å². The molecule has 10 heteroatoms.